The van der Waals surface area contributed by atoms with Crippen molar-refractivity contribution < 1.29 is 23.0 Å². The van der Waals surface area contributed by atoms with Gasteiger partial charge in [-0.05, 0) is 18.5 Å². The Morgan fingerprint density at radius 2 is 2.32 bits per heavy atom. The van der Waals surface area contributed by atoms with Crippen LogP contribution in [0.4, 0.5) is 8.78 Å². The molecule has 2 N–H and O–H groups in total. The zero-order valence-corrected chi connectivity index (χ0v) is 10.1. The van der Waals surface area contributed by atoms with Crippen molar-refractivity contribution in [2.24, 2.45) is 0 Å². The molecule has 0 aromatic carbocycles. The van der Waals surface area contributed by atoms with E-state index in [1.165, 1.54) is 0 Å². The summed E-state index contributed by atoms with van der Waals surface area (Å²) < 4.78 is 30.2. The van der Waals surface area contributed by atoms with E-state index >= 15 is 0 Å². The summed E-state index contributed by atoms with van der Waals surface area (Å²) in [6.45, 7) is 1.60. The molecule has 1 aliphatic rings. The summed E-state index contributed by atoms with van der Waals surface area (Å²) >= 11 is 0. The van der Waals surface area contributed by atoms with E-state index in [1.807, 2.05) is 0 Å². The highest BCUT2D eigenvalue weighted by Crippen LogP contribution is 2.25. The Labute approximate surface area is 106 Å². The molecule has 19 heavy (non-hydrogen) atoms. The summed E-state index contributed by atoms with van der Waals surface area (Å²) in [5.41, 5.74) is 0.365. The molecule has 0 spiro atoms. The third-order valence-corrected chi connectivity index (χ3v) is 2.85. The molecule has 2 heterocycles. The second kappa shape index (κ2) is 4.90. The highest BCUT2D eigenvalue weighted by atomic mass is 19.3. The number of nitrogens with zero attached hydrogens (tertiary/aromatic N) is 2. The van der Waals surface area contributed by atoms with Crippen LogP contribution in [0.5, 0.6) is 0 Å². The van der Waals surface area contributed by atoms with Crippen molar-refractivity contribution in [2.45, 2.75) is 31.7 Å². The van der Waals surface area contributed by atoms with Crippen molar-refractivity contribution >= 4 is 11.8 Å². The number of piperidine rings is 1. The minimum absolute atomic E-state index is 0.0347. The smallest absolute Gasteiger partial charge is 0.324 e. The molecule has 2 amide bonds. The van der Waals surface area contributed by atoms with Crippen LogP contribution in [0.3, 0.4) is 0 Å². The van der Waals surface area contributed by atoms with Crippen LogP contribution in [0.2, 0.25) is 0 Å². The lowest BCUT2D eigenvalue weighted by Crippen LogP contribution is -2.54. The molecule has 0 saturated carbocycles. The van der Waals surface area contributed by atoms with Gasteiger partial charge in [-0.25, -0.2) is 4.63 Å². The Balaban J connectivity index is 1.86. The van der Waals surface area contributed by atoms with E-state index in [0.717, 1.165) is 0 Å². The first-order valence-electron chi connectivity index (χ1n) is 5.66. The van der Waals surface area contributed by atoms with E-state index in [9.17, 15) is 18.4 Å². The van der Waals surface area contributed by atoms with Gasteiger partial charge in [0.2, 0.25) is 0 Å². The van der Waals surface area contributed by atoms with Crippen LogP contribution >= 0.6 is 0 Å². The fourth-order valence-corrected chi connectivity index (χ4v) is 1.72. The van der Waals surface area contributed by atoms with Gasteiger partial charge >= 0.3 is 5.92 Å². The molecule has 2 rings (SSSR count). The number of hydrogen-bond donors (Lipinski definition) is 2. The number of aryl methyl sites for hydroxylation is 1. The number of alkyl halides is 2. The van der Waals surface area contributed by atoms with Crippen molar-refractivity contribution in [1.29, 1.82) is 0 Å². The van der Waals surface area contributed by atoms with Gasteiger partial charge in [-0.1, -0.05) is 5.16 Å². The highest BCUT2D eigenvalue weighted by molar-refractivity contribution is 5.93. The first kappa shape index (κ1) is 13.4. The van der Waals surface area contributed by atoms with E-state index in [2.05, 4.69) is 25.6 Å². The summed E-state index contributed by atoms with van der Waals surface area (Å²) in [4.78, 5) is 22.7. The Morgan fingerprint density at radius 3 is 2.89 bits per heavy atom. The molecule has 1 aromatic rings. The minimum atomic E-state index is -3.33. The van der Waals surface area contributed by atoms with Crippen molar-refractivity contribution in [3.8, 4) is 0 Å². The second-order valence-electron chi connectivity index (χ2n) is 4.32. The number of aromatic nitrogens is 2. The third-order valence-electron chi connectivity index (χ3n) is 2.85. The number of carbonyl (C=O) groups is 2. The average Bonchev–Trinajstić information content (AvgIpc) is 2.77. The lowest BCUT2D eigenvalue weighted by Gasteiger charge is -2.28. The van der Waals surface area contributed by atoms with E-state index < -0.39 is 30.2 Å². The van der Waals surface area contributed by atoms with Gasteiger partial charge in [-0.2, -0.15) is 8.78 Å². The molecular formula is C10H12F2N4O3. The molecule has 7 nitrogen and oxygen atoms in total. The molecular weight excluding hydrogens is 262 g/mol. The lowest BCUT2D eigenvalue weighted by molar-refractivity contribution is -0.151. The van der Waals surface area contributed by atoms with Gasteiger partial charge in [-0.15, -0.1) is 0 Å². The van der Waals surface area contributed by atoms with Crippen LogP contribution in [0.25, 0.3) is 0 Å². The van der Waals surface area contributed by atoms with Gasteiger partial charge < -0.3 is 10.6 Å². The number of nitrogens with one attached hydrogen (secondary N) is 2. The first-order chi connectivity index (χ1) is 8.90. The van der Waals surface area contributed by atoms with Gasteiger partial charge in [0.25, 0.3) is 11.8 Å². The standard InChI is InChI=1S/C10H12F2N4O3/c1-5-7(16-19-15-5)8(17)13-4-6-2-3-10(11,12)9(18)14-6/h6H,2-4H2,1H3,(H,13,17)(H,14,18). The minimum Gasteiger partial charge on any atom is -0.348 e. The highest BCUT2D eigenvalue weighted by Gasteiger charge is 2.43. The monoisotopic (exact) mass is 274 g/mol. The fourth-order valence-electron chi connectivity index (χ4n) is 1.72. The number of halogens is 2. The summed E-state index contributed by atoms with van der Waals surface area (Å²) in [5, 5.41) is 11.5. The molecule has 1 aliphatic heterocycles. The van der Waals surface area contributed by atoms with E-state index in [4.69, 9.17) is 0 Å². The van der Waals surface area contributed by atoms with Crippen molar-refractivity contribution in [3.05, 3.63) is 11.4 Å². The zero-order chi connectivity index (χ0) is 14.0. The topological polar surface area (TPSA) is 97.1 Å². The molecule has 1 aromatic heterocycles. The van der Waals surface area contributed by atoms with Gasteiger partial charge in [0.1, 0.15) is 5.69 Å². The Bertz CT molecular complexity index is 503. The normalized spacial score (nSPS) is 21.8. The third kappa shape index (κ3) is 2.85. The molecule has 1 unspecified atom stereocenters. The fraction of sp³-hybridized carbons (Fsp3) is 0.600. The Kier molecular flexibility index (Phi) is 3.45. The summed E-state index contributed by atoms with van der Waals surface area (Å²) in [7, 11) is 0. The molecule has 1 atom stereocenters. The van der Waals surface area contributed by atoms with Gasteiger partial charge in [0, 0.05) is 19.0 Å². The van der Waals surface area contributed by atoms with E-state index in [1.54, 1.807) is 6.92 Å². The van der Waals surface area contributed by atoms with Crippen LogP contribution in [-0.4, -0.2) is 40.6 Å². The van der Waals surface area contributed by atoms with Crippen LogP contribution in [0, 0.1) is 6.92 Å². The van der Waals surface area contributed by atoms with Crippen LogP contribution in [0.15, 0.2) is 4.63 Å². The molecule has 104 valence electrons. The largest absolute Gasteiger partial charge is 0.348 e. The number of carbonyl (C=O) groups excluding carboxylic acids is 2. The van der Waals surface area contributed by atoms with Crippen LogP contribution in [-0.2, 0) is 4.79 Å². The SMILES string of the molecule is Cc1nonc1C(=O)NCC1CCC(F)(F)C(=O)N1. The summed E-state index contributed by atoms with van der Waals surface area (Å²) in [6, 6.07) is -0.517. The predicted octanol–water partition coefficient (Wildman–Crippen LogP) is 0.0217. The predicted molar refractivity (Wildman–Crippen MR) is 57.5 cm³/mol. The maximum atomic E-state index is 12.9. The number of amides is 2. The van der Waals surface area contributed by atoms with Gasteiger partial charge in [0.05, 0.1) is 0 Å². The zero-order valence-electron chi connectivity index (χ0n) is 10.1. The van der Waals surface area contributed by atoms with Gasteiger partial charge in [-0.3, -0.25) is 9.59 Å². The maximum absolute atomic E-state index is 12.9. The quantitative estimate of drug-likeness (QED) is 0.810. The number of hydrogen-bond acceptors (Lipinski definition) is 5. The van der Waals surface area contributed by atoms with Crippen molar-refractivity contribution in [3.63, 3.8) is 0 Å². The summed E-state index contributed by atoms with van der Waals surface area (Å²) in [5.74, 6) is -5.16. The van der Waals surface area contributed by atoms with Gasteiger partial charge in [0.15, 0.2) is 5.69 Å². The Morgan fingerprint density at radius 1 is 1.58 bits per heavy atom. The molecule has 0 bridgehead atoms. The van der Waals surface area contributed by atoms with Crippen molar-refractivity contribution in [2.75, 3.05) is 6.54 Å². The van der Waals surface area contributed by atoms with Crippen molar-refractivity contribution in [1.82, 2.24) is 20.9 Å². The molecule has 0 aliphatic carbocycles. The number of rotatable bonds is 3. The second-order valence-corrected chi connectivity index (χ2v) is 4.32. The van der Waals surface area contributed by atoms with E-state index in [-0.39, 0.29) is 18.7 Å². The van der Waals surface area contributed by atoms with Crippen LogP contribution < -0.4 is 10.6 Å². The summed E-state index contributed by atoms with van der Waals surface area (Å²) in [6.07, 6.45) is -0.432. The van der Waals surface area contributed by atoms with Crippen LogP contribution in [0.1, 0.15) is 29.0 Å². The molecule has 0 radical (unpaired) electrons. The molecule has 1 fully saturated rings. The first-order valence-corrected chi connectivity index (χ1v) is 5.66. The van der Waals surface area contributed by atoms with E-state index in [0.29, 0.717) is 5.69 Å². The lowest BCUT2D eigenvalue weighted by atomic mass is 10.0. The average molecular weight is 274 g/mol. The maximum Gasteiger partial charge on any atom is 0.324 e. The Hall–Kier alpha value is -2.06. The molecule has 9 heteroatoms. The molecule has 1 saturated heterocycles.